The highest BCUT2D eigenvalue weighted by atomic mass is 16.6. The molecule has 0 aliphatic carbocycles. The average Bonchev–Trinajstić information content (AvgIpc) is 2.45. The second kappa shape index (κ2) is 4.32. The van der Waals surface area contributed by atoms with E-state index in [0.29, 0.717) is 13.0 Å². The van der Waals surface area contributed by atoms with Crippen LogP contribution >= 0.6 is 0 Å². The highest BCUT2D eigenvalue weighted by Gasteiger charge is 2.39. The van der Waals surface area contributed by atoms with Gasteiger partial charge in [-0.2, -0.15) is 0 Å². The van der Waals surface area contributed by atoms with Crippen molar-refractivity contribution in [2.75, 3.05) is 6.61 Å². The summed E-state index contributed by atoms with van der Waals surface area (Å²) >= 11 is 0. The molecule has 2 N–H and O–H groups in total. The van der Waals surface area contributed by atoms with Gasteiger partial charge in [0.25, 0.3) is 0 Å². The van der Waals surface area contributed by atoms with E-state index in [9.17, 15) is 15.0 Å². The van der Waals surface area contributed by atoms with Gasteiger partial charge in [-0.3, -0.25) is 0 Å². The van der Waals surface area contributed by atoms with Gasteiger partial charge in [-0.05, 0) is 13.3 Å². The van der Waals surface area contributed by atoms with E-state index in [1.807, 2.05) is 0 Å². The summed E-state index contributed by atoms with van der Waals surface area (Å²) in [5.41, 5.74) is 0. The van der Waals surface area contributed by atoms with Crippen molar-refractivity contribution >= 4 is 5.97 Å². The maximum Gasteiger partial charge on any atom is 0.378 e. The van der Waals surface area contributed by atoms with Gasteiger partial charge >= 0.3 is 5.97 Å². The van der Waals surface area contributed by atoms with E-state index in [-0.39, 0.29) is 5.76 Å². The Morgan fingerprint density at radius 2 is 2.21 bits per heavy atom. The molecule has 1 rings (SSSR count). The molecule has 0 aromatic heterocycles. The van der Waals surface area contributed by atoms with E-state index in [2.05, 4.69) is 0 Å². The lowest BCUT2D eigenvalue weighted by Crippen LogP contribution is -2.28. The zero-order valence-corrected chi connectivity index (χ0v) is 8.19. The van der Waals surface area contributed by atoms with Crippen molar-refractivity contribution in [3.8, 4) is 0 Å². The molecule has 0 radical (unpaired) electrons. The Morgan fingerprint density at radius 1 is 1.57 bits per heavy atom. The van der Waals surface area contributed by atoms with Crippen molar-refractivity contribution in [1.82, 2.24) is 0 Å². The standard InChI is InChI=1S/C9H14O5/c1-3-5(10)7-8(13-4-2)6(11)9(12)14-7/h5,7,10-11H,3-4H2,1-2H3/t5-,7+/m0/s1. The number of cyclic esters (lactones) is 1. The molecule has 0 saturated heterocycles. The number of aliphatic hydroxyl groups excluding tert-OH is 2. The van der Waals surface area contributed by atoms with E-state index in [0.717, 1.165) is 0 Å². The molecule has 2 atom stereocenters. The predicted octanol–water partition coefficient (Wildman–Crippen LogP) is 0.489. The summed E-state index contributed by atoms with van der Waals surface area (Å²) in [6, 6.07) is 0. The van der Waals surface area contributed by atoms with Crippen LogP contribution in [0.25, 0.3) is 0 Å². The second-order valence-corrected chi connectivity index (χ2v) is 2.95. The fourth-order valence-electron chi connectivity index (χ4n) is 1.23. The normalized spacial score (nSPS) is 23.6. The Labute approximate surface area is 81.9 Å². The lowest BCUT2D eigenvalue weighted by atomic mass is 10.1. The predicted molar refractivity (Wildman–Crippen MR) is 47.5 cm³/mol. The van der Waals surface area contributed by atoms with Gasteiger partial charge in [0.1, 0.15) is 0 Å². The molecule has 0 bridgehead atoms. The van der Waals surface area contributed by atoms with Crippen molar-refractivity contribution < 1.29 is 24.5 Å². The smallest absolute Gasteiger partial charge is 0.378 e. The third-order valence-electron chi connectivity index (χ3n) is 1.99. The van der Waals surface area contributed by atoms with Crippen molar-refractivity contribution in [2.24, 2.45) is 0 Å². The first-order chi connectivity index (χ1) is 6.61. The molecular weight excluding hydrogens is 188 g/mol. The molecule has 14 heavy (non-hydrogen) atoms. The zero-order chi connectivity index (χ0) is 10.7. The monoisotopic (exact) mass is 202 g/mol. The van der Waals surface area contributed by atoms with Gasteiger partial charge < -0.3 is 19.7 Å². The number of hydrogen-bond acceptors (Lipinski definition) is 5. The Bertz CT molecular complexity index is 258. The molecule has 5 nitrogen and oxygen atoms in total. The van der Waals surface area contributed by atoms with Gasteiger partial charge in [-0.1, -0.05) is 6.92 Å². The number of rotatable bonds is 4. The molecule has 0 aromatic rings. The van der Waals surface area contributed by atoms with Gasteiger partial charge in [0.05, 0.1) is 12.7 Å². The fourth-order valence-corrected chi connectivity index (χ4v) is 1.23. The van der Waals surface area contributed by atoms with Gasteiger partial charge in [0.15, 0.2) is 11.9 Å². The summed E-state index contributed by atoms with van der Waals surface area (Å²) in [5.74, 6) is -1.35. The maximum atomic E-state index is 11.0. The third kappa shape index (κ3) is 1.82. The van der Waals surface area contributed by atoms with Gasteiger partial charge in [0.2, 0.25) is 5.76 Å². The Morgan fingerprint density at radius 3 is 2.71 bits per heavy atom. The van der Waals surface area contributed by atoms with E-state index < -0.39 is 23.9 Å². The molecule has 1 aliphatic rings. The van der Waals surface area contributed by atoms with Gasteiger partial charge in [-0.25, -0.2) is 4.79 Å². The minimum atomic E-state index is -0.868. The number of hydrogen-bond donors (Lipinski definition) is 2. The molecule has 1 heterocycles. The largest absolute Gasteiger partial charge is 0.499 e. The van der Waals surface area contributed by atoms with Crippen LogP contribution in [-0.4, -0.2) is 35.0 Å². The molecular formula is C9H14O5. The summed E-state index contributed by atoms with van der Waals surface area (Å²) in [5, 5.41) is 18.8. The summed E-state index contributed by atoms with van der Waals surface area (Å²) in [7, 11) is 0. The number of esters is 1. The maximum absolute atomic E-state index is 11.0. The first-order valence-corrected chi connectivity index (χ1v) is 4.56. The number of carbonyl (C=O) groups is 1. The van der Waals surface area contributed by atoms with Crippen molar-refractivity contribution in [3.05, 3.63) is 11.5 Å². The molecule has 0 aromatic carbocycles. The summed E-state index contributed by atoms with van der Waals surface area (Å²) < 4.78 is 9.80. The van der Waals surface area contributed by atoms with Crippen molar-refractivity contribution in [1.29, 1.82) is 0 Å². The first kappa shape index (κ1) is 10.8. The fraction of sp³-hybridized carbons (Fsp3) is 0.667. The van der Waals surface area contributed by atoms with E-state index in [1.54, 1.807) is 13.8 Å². The lowest BCUT2D eigenvalue weighted by molar-refractivity contribution is -0.147. The molecule has 0 saturated carbocycles. The third-order valence-corrected chi connectivity index (χ3v) is 1.99. The van der Waals surface area contributed by atoms with Crippen LogP contribution in [0.15, 0.2) is 11.5 Å². The SMILES string of the molecule is CCOC1=C(O)C(=O)O[C@@H]1[C@@H](O)CC. The van der Waals surface area contributed by atoms with Crippen LogP contribution in [-0.2, 0) is 14.3 Å². The van der Waals surface area contributed by atoms with Crippen molar-refractivity contribution in [2.45, 2.75) is 32.5 Å². The molecule has 0 fully saturated rings. The Balaban J connectivity index is 2.84. The molecule has 1 aliphatic heterocycles. The average molecular weight is 202 g/mol. The highest BCUT2D eigenvalue weighted by molar-refractivity contribution is 5.89. The molecule has 0 unspecified atom stereocenters. The minimum absolute atomic E-state index is 0.0341. The van der Waals surface area contributed by atoms with E-state index >= 15 is 0 Å². The quantitative estimate of drug-likeness (QED) is 0.649. The van der Waals surface area contributed by atoms with Crippen LogP contribution in [0.1, 0.15) is 20.3 Å². The Kier molecular flexibility index (Phi) is 3.35. The van der Waals surface area contributed by atoms with E-state index in [4.69, 9.17) is 9.47 Å². The topological polar surface area (TPSA) is 76.0 Å². The van der Waals surface area contributed by atoms with Crippen LogP contribution in [0.2, 0.25) is 0 Å². The van der Waals surface area contributed by atoms with Crippen LogP contribution < -0.4 is 0 Å². The minimum Gasteiger partial charge on any atom is -0.499 e. The van der Waals surface area contributed by atoms with Crippen LogP contribution in [0.5, 0.6) is 0 Å². The number of carbonyl (C=O) groups excluding carboxylic acids is 1. The molecule has 5 heteroatoms. The first-order valence-electron chi connectivity index (χ1n) is 4.56. The van der Waals surface area contributed by atoms with Gasteiger partial charge in [-0.15, -0.1) is 0 Å². The summed E-state index contributed by atoms with van der Waals surface area (Å²) in [4.78, 5) is 11.0. The van der Waals surface area contributed by atoms with E-state index in [1.165, 1.54) is 0 Å². The highest BCUT2D eigenvalue weighted by Crippen LogP contribution is 2.25. The van der Waals surface area contributed by atoms with Crippen LogP contribution in [0.4, 0.5) is 0 Å². The van der Waals surface area contributed by atoms with Crippen LogP contribution in [0, 0.1) is 0 Å². The molecule has 0 spiro atoms. The second-order valence-electron chi connectivity index (χ2n) is 2.95. The zero-order valence-electron chi connectivity index (χ0n) is 8.19. The van der Waals surface area contributed by atoms with Crippen LogP contribution in [0.3, 0.4) is 0 Å². The number of ether oxygens (including phenoxy) is 2. The summed E-state index contributed by atoms with van der Waals surface area (Å²) in [6.07, 6.45) is -1.29. The molecule has 80 valence electrons. The number of aliphatic hydroxyl groups is 2. The Hall–Kier alpha value is -1.23. The lowest BCUT2D eigenvalue weighted by Gasteiger charge is -2.17. The van der Waals surface area contributed by atoms with Gasteiger partial charge in [0, 0.05) is 0 Å². The van der Waals surface area contributed by atoms with Crippen molar-refractivity contribution in [3.63, 3.8) is 0 Å². The molecule has 0 amide bonds. The summed E-state index contributed by atoms with van der Waals surface area (Å²) in [6.45, 7) is 3.78.